The number of hydrogen-bond acceptors (Lipinski definition) is 4. The number of fused-ring (bicyclic) bond motifs is 2. The molecule has 0 radical (unpaired) electrons. The van der Waals surface area contributed by atoms with Gasteiger partial charge in [-0.1, -0.05) is 0 Å². The Morgan fingerprint density at radius 2 is 1.85 bits per heavy atom. The molecule has 1 aromatic carbocycles. The molecular formula is C26H39FN4O3. The molecule has 0 bridgehead atoms. The van der Waals surface area contributed by atoms with Crippen LogP contribution in [0, 0.1) is 5.82 Å². The van der Waals surface area contributed by atoms with Gasteiger partial charge in [0, 0.05) is 49.9 Å². The molecule has 1 aromatic rings. The highest BCUT2D eigenvalue weighted by Crippen LogP contribution is 2.48. The number of nitrogens with zero attached hydrogens (tertiary/aromatic N) is 4. The molecule has 7 nitrogen and oxygen atoms in total. The molecule has 0 saturated carbocycles. The number of carbonyl (C=O) groups is 2. The monoisotopic (exact) mass is 474 g/mol. The molecule has 1 spiro atoms. The van der Waals surface area contributed by atoms with Gasteiger partial charge in [0.2, 0.25) is 0 Å². The summed E-state index contributed by atoms with van der Waals surface area (Å²) in [4.78, 5) is 33.4. The number of hydrogen-bond donors (Lipinski definition) is 0. The standard InChI is InChI=1S/C26H39FN4O3/c1-4-28(25(33)34-5-2)15-10-20(3)29-16-11-26(12-17-29)19-31(24(32)30-13-6-7-14-30)23-9-8-21(27)18-22(23)26/h8-9,18,20H,4-7,10-17,19H2,1-3H3. The van der Waals surface area contributed by atoms with Crippen LogP contribution in [-0.4, -0.2) is 85.3 Å². The number of benzene rings is 1. The quantitative estimate of drug-likeness (QED) is 0.611. The molecule has 8 heteroatoms. The Labute approximate surface area is 202 Å². The fraction of sp³-hybridized carbons (Fsp3) is 0.692. The SMILES string of the molecule is CCOC(=O)N(CC)CCC(C)N1CCC2(CC1)CN(C(=O)N1CCCC1)c1ccc(F)cc12. The molecule has 34 heavy (non-hydrogen) atoms. The highest BCUT2D eigenvalue weighted by Gasteiger charge is 2.47. The number of carbonyl (C=O) groups excluding carboxylic acids is 2. The van der Waals surface area contributed by atoms with Crippen LogP contribution in [0.25, 0.3) is 0 Å². The van der Waals surface area contributed by atoms with E-state index in [-0.39, 0.29) is 23.4 Å². The molecule has 4 rings (SSSR count). The zero-order valence-electron chi connectivity index (χ0n) is 20.9. The second-order valence-corrected chi connectivity index (χ2v) is 9.96. The van der Waals surface area contributed by atoms with Crippen molar-refractivity contribution in [2.45, 2.75) is 64.3 Å². The van der Waals surface area contributed by atoms with Crippen LogP contribution >= 0.6 is 0 Å². The maximum Gasteiger partial charge on any atom is 0.409 e. The van der Waals surface area contributed by atoms with Gasteiger partial charge in [0.05, 0.1) is 6.61 Å². The number of ether oxygens (including phenoxy) is 1. The number of rotatable bonds is 6. The lowest BCUT2D eigenvalue weighted by Crippen LogP contribution is -2.50. The molecule has 0 aromatic heterocycles. The van der Waals surface area contributed by atoms with Crippen LogP contribution in [0.3, 0.4) is 0 Å². The van der Waals surface area contributed by atoms with Crippen molar-refractivity contribution in [2.75, 3.05) is 57.3 Å². The summed E-state index contributed by atoms with van der Waals surface area (Å²) in [6.07, 6.45) is 4.53. The summed E-state index contributed by atoms with van der Waals surface area (Å²) in [5.74, 6) is -0.233. The lowest BCUT2D eigenvalue weighted by atomic mass is 9.74. The van der Waals surface area contributed by atoms with E-state index >= 15 is 0 Å². The van der Waals surface area contributed by atoms with Crippen molar-refractivity contribution in [3.8, 4) is 0 Å². The maximum absolute atomic E-state index is 14.3. The van der Waals surface area contributed by atoms with Crippen LogP contribution in [0.5, 0.6) is 0 Å². The predicted octanol–water partition coefficient (Wildman–Crippen LogP) is 4.45. The van der Waals surface area contributed by atoms with Gasteiger partial charge in [-0.25, -0.2) is 14.0 Å². The third kappa shape index (κ3) is 4.88. The zero-order chi connectivity index (χ0) is 24.3. The summed E-state index contributed by atoms with van der Waals surface area (Å²) in [5.41, 5.74) is 1.68. The Morgan fingerprint density at radius 3 is 2.50 bits per heavy atom. The van der Waals surface area contributed by atoms with Gasteiger partial charge in [-0.15, -0.1) is 0 Å². The molecule has 188 valence electrons. The molecule has 3 aliphatic heterocycles. The van der Waals surface area contributed by atoms with Crippen molar-refractivity contribution < 1.29 is 18.7 Å². The van der Waals surface area contributed by atoms with E-state index in [1.165, 1.54) is 6.07 Å². The van der Waals surface area contributed by atoms with E-state index < -0.39 is 0 Å². The smallest absolute Gasteiger partial charge is 0.409 e. The maximum atomic E-state index is 14.3. The Kier molecular flexibility index (Phi) is 7.65. The van der Waals surface area contributed by atoms with Crippen LogP contribution < -0.4 is 4.90 Å². The van der Waals surface area contributed by atoms with Crippen molar-refractivity contribution in [1.29, 1.82) is 0 Å². The van der Waals surface area contributed by atoms with Gasteiger partial charge >= 0.3 is 12.1 Å². The Hall–Kier alpha value is -2.35. The molecule has 3 amide bonds. The van der Waals surface area contributed by atoms with Crippen molar-refractivity contribution in [3.05, 3.63) is 29.6 Å². The summed E-state index contributed by atoms with van der Waals surface area (Å²) < 4.78 is 19.4. The zero-order valence-corrected chi connectivity index (χ0v) is 20.9. The third-order valence-electron chi connectivity index (χ3n) is 7.99. The van der Waals surface area contributed by atoms with E-state index in [4.69, 9.17) is 4.74 Å². The highest BCUT2D eigenvalue weighted by atomic mass is 19.1. The summed E-state index contributed by atoms with van der Waals surface area (Å²) in [7, 11) is 0. The molecular weight excluding hydrogens is 435 g/mol. The summed E-state index contributed by atoms with van der Waals surface area (Å²) >= 11 is 0. The minimum atomic E-state index is -0.248. The number of likely N-dealkylation sites (tertiary alicyclic amines) is 2. The minimum Gasteiger partial charge on any atom is -0.450 e. The topological polar surface area (TPSA) is 56.3 Å². The number of urea groups is 1. The summed E-state index contributed by atoms with van der Waals surface area (Å²) in [5, 5.41) is 0. The summed E-state index contributed by atoms with van der Waals surface area (Å²) in [6.45, 7) is 11.8. The fourth-order valence-corrected chi connectivity index (χ4v) is 5.83. The van der Waals surface area contributed by atoms with Crippen LogP contribution in [0.1, 0.15) is 58.4 Å². The van der Waals surface area contributed by atoms with E-state index in [1.54, 1.807) is 17.0 Å². The van der Waals surface area contributed by atoms with Gasteiger partial charge in [-0.3, -0.25) is 4.90 Å². The first-order valence-electron chi connectivity index (χ1n) is 12.9. The molecule has 0 N–H and O–H groups in total. The van der Waals surface area contributed by atoms with Gasteiger partial charge in [0.25, 0.3) is 0 Å². The first kappa shape index (κ1) is 24.8. The number of amides is 3. The molecule has 1 atom stereocenters. The highest BCUT2D eigenvalue weighted by molar-refractivity contribution is 5.95. The predicted molar refractivity (Wildman–Crippen MR) is 131 cm³/mol. The lowest BCUT2D eigenvalue weighted by Gasteiger charge is -2.42. The van der Waals surface area contributed by atoms with Crippen LogP contribution in [0.15, 0.2) is 18.2 Å². The van der Waals surface area contributed by atoms with Gasteiger partial charge in [0.1, 0.15) is 5.82 Å². The van der Waals surface area contributed by atoms with E-state index in [1.807, 2.05) is 23.6 Å². The van der Waals surface area contributed by atoms with Gasteiger partial charge in [-0.2, -0.15) is 0 Å². The average molecular weight is 475 g/mol. The van der Waals surface area contributed by atoms with Crippen molar-refractivity contribution in [1.82, 2.24) is 14.7 Å². The normalized spacial score (nSPS) is 20.5. The van der Waals surface area contributed by atoms with Crippen LogP contribution in [-0.2, 0) is 10.2 Å². The molecule has 1 unspecified atom stereocenters. The Morgan fingerprint density at radius 1 is 1.15 bits per heavy atom. The first-order valence-corrected chi connectivity index (χ1v) is 12.9. The molecule has 2 saturated heterocycles. The molecule has 0 aliphatic carbocycles. The average Bonchev–Trinajstić information content (AvgIpc) is 3.47. The molecule has 2 fully saturated rings. The van der Waals surface area contributed by atoms with E-state index in [2.05, 4.69) is 11.8 Å². The Bertz CT molecular complexity index is 881. The second kappa shape index (κ2) is 10.5. The minimum absolute atomic E-state index is 0.0663. The largest absolute Gasteiger partial charge is 0.450 e. The van der Waals surface area contributed by atoms with Crippen LogP contribution in [0.2, 0.25) is 0 Å². The number of anilines is 1. The third-order valence-corrected chi connectivity index (χ3v) is 7.99. The number of piperidine rings is 1. The fourth-order valence-electron chi connectivity index (χ4n) is 5.83. The van der Waals surface area contributed by atoms with E-state index in [0.717, 1.165) is 69.5 Å². The van der Waals surface area contributed by atoms with Gasteiger partial charge in [-0.05, 0) is 89.7 Å². The first-order chi connectivity index (χ1) is 16.4. The van der Waals surface area contributed by atoms with Crippen molar-refractivity contribution >= 4 is 17.8 Å². The second-order valence-electron chi connectivity index (χ2n) is 9.96. The van der Waals surface area contributed by atoms with Crippen LogP contribution in [0.4, 0.5) is 19.7 Å². The van der Waals surface area contributed by atoms with Gasteiger partial charge in [0.15, 0.2) is 0 Å². The molecule has 3 heterocycles. The van der Waals surface area contributed by atoms with E-state index in [0.29, 0.717) is 32.3 Å². The lowest BCUT2D eigenvalue weighted by molar-refractivity contribution is 0.0939. The number of halogens is 1. The molecule has 3 aliphatic rings. The van der Waals surface area contributed by atoms with Crippen molar-refractivity contribution in [2.24, 2.45) is 0 Å². The Balaban J connectivity index is 1.41. The van der Waals surface area contributed by atoms with E-state index in [9.17, 15) is 14.0 Å². The summed E-state index contributed by atoms with van der Waals surface area (Å²) in [6, 6.07) is 5.32. The van der Waals surface area contributed by atoms with Crippen molar-refractivity contribution in [3.63, 3.8) is 0 Å². The van der Waals surface area contributed by atoms with Gasteiger partial charge < -0.3 is 19.4 Å².